The Morgan fingerprint density at radius 3 is 2.37 bits per heavy atom. The highest BCUT2D eigenvalue weighted by atomic mass is 32.2. The van der Waals surface area contributed by atoms with Crippen LogP contribution >= 0.6 is 0 Å². The first-order chi connectivity index (χ1) is 8.86. The second-order valence-corrected chi connectivity index (χ2v) is 6.16. The molecule has 0 amide bonds. The first-order valence-corrected chi connectivity index (χ1v) is 7.33. The number of benzene rings is 1. The summed E-state index contributed by atoms with van der Waals surface area (Å²) in [6.07, 6.45) is -3.28. The Bertz CT molecular complexity index is 479. The van der Waals surface area contributed by atoms with E-state index in [1.165, 1.54) is 0 Å². The van der Waals surface area contributed by atoms with Gasteiger partial charge in [-0.25, -0.2) is 4.39 Å². The Hall–Kier alpha value is -1.11. The quantitative estimate of drug-likeness (QED) is 0.849. The third kappa shape index (κ3) is 3.68. The molecule has 1 aliphatic rings. The summed E-state index contributed by atoms with van der Waals surface area (Å²) in [7, 11) is -0.822. The normalized spacial score (nSPS) is 24.2. The van der Waals surface area contributed by atoms with Gasteiger partial charge in [-0.1, -0.05) is 0 Å². The summed E-state index contributed by atoms with van der Waals surface area (Å²) < 4.78 is 61.9. The summed E-state index contributed by atoms with van der Waals surface area (Å²) in [4.78, 5) is 0. The predicted octanol–water partition coefficient (Wildman–Crippen LogP) is 3.17. The number of rotatable bonds is 2. The Morgan fingerprint density at radius 2 is 1.84 bits per heavy atom. The molecule has 0 aliphatic carbocycles. The molecule has 0 bridgehead atoms. The summed E-state index contributed by atoms with van der Waals surface area (Å²) in [6, 6.07) is 2.41. The van der Waals surface area contributed by atoms with Crippen molar-refractivity contribution in [3.8, 4) is 0 Å². The van der Waals surface area contributed by atoms with E-state index in [4.69, 9.17) is 0 Å². The zero-order chi connectivity index (χ0) is 14.0. The van der Waals surface area contributed by atoms with E-state index in [0.29, 0.717) is 30.4 Å². The standard InChI is InChI=1S/C12H13F4NOS/c13-10-7-8(12(14,15)16)1-2-11(10)17-9-3-5-19(18)6-4-9/h1-2,7,9,17H,3-6H2. The van der Waals surface area contributed by atoms with Gasteiger partial charge in [0.15, 0.2) is 0 Å². The molecule has 7 heteroatoms. The van der Waals surface area contributed by atoms with E-state index >= 15 is 0 Å². The van der Waals surface area contributed by atoms with Crippen LogP contribution in [-0.4, -0.2) is 21.8 Å². The average Bonchev–Trinajstić information content (AvgIpc) is 2.33. The maximum Gasteiger partial charge on any atom is 0.416 e. The second kappa shape index (κ2) is 5.48. The second-order valence-electron chi connectivity index (χ2n) is 4.46. The highest BCUT2D eigenvalue weighted by Gasteiger charge is 2.31. The molecule has 1 aliphatic heterocycles. The van der Waals surface area contributed by atoms with Gasteiger partial charge in [-0.05, 0) is 31.0 Å². The molecule has 1 aromatic carbocycles. The molecule has 19 heavy (non-hydrogen) atoms. The number of halogens is 4. The zero-order valence-corrected chi connectivity index (χ0v) is 10.8. The van der Waals surface area contributed by atoms with Gasteiger partial charge in [0.2, 0.25) is 0 Å². The largest absolute Gasteiger partial charge is 0.416 e. The van der Waals surface area contributed by atoms with E-state index in [1.54, 1.807) is 0 Å². The van der Waals surface area contributed by atoms with E-state index in [2.05, 4.69) is 5.32 Å². The molecule has 1 heterocycles. The van der Waals surface area contributed by atoms with Crippen molar-refractivity contribution in [3.63, 3.8) is 0 Å². The van der Waals surface area contributed by atoms with Gasteiger partial charge in [0.05, 0.1) is 11.3 Å². The fraction of sp³-hybridized carbons (Fsp3) is 0.500. The van der Waals surface area contributed by atoms with Gasteiger partial charge in [-0.3, -0.25) is 4.21 Å². The van der Waals surface area contributed by atoms with Crippen LogP contribution in [0.15, 0.2) is 18.2 Å². The molecule has 1 fully saturated rings. The monoisotopic (exact) mass is 295 g/mol. The lowest BCUT2D eigenvalue weighted by molar-refractivity contribution is -0.137. The van der Waals surface area contributed by atoms with Crippen LogP contribution in [-0.2, 0) is 17.0 Å². The molecular formula is C12H13F4NOS. The third-order valence-corrected chi connectivity index (χ3v) is 4.43. The first-order valence-electron chi connectivity index (χ1n) is 5.84. The van der Waals surface area contributed by atoms with Gasteiger partial charge < -0.3 is 5.32 Å². The molecule has 0 saturated carbocycles. The van der Waals surface area contributed by atoms with Gasteiger partial charge >= 0.3 is 6.18 Å². The summed E-state index contributed by atoms with van der Waals surface area (Å²) in [5.74, 6) is 0.168. The number of hydrogen-bond donors (Lipinski definition) is 1. The molecule has 106 valence electrons. The lowest BCUT2D eigenvalue weighted by Gasteiger charge is -2.24. The molecule has 1 N–H and O–H groups in total. The fourth-order valence-electron chi connectivity index (χ4n) is 1.97. The SMILES string of the molecule is O=S1CCC(Nc2ccc(C(F)(F)F)cc2F)CC1. The van der Waals surface area contributed by atoms with E-state index in [9.17, 15) is 21.8 Å². The van der Waals surface area contributed by atoms with Crippen LogP contribution in [0.4, 0.5) is 23.2 Å². The molecule has 1 saturated heterocycles. The predicted molar refractivity (Wildman–Crippen MR) is 65.9 cm³/mol. The minimum absolute atomic E-state index is 0.0380. The van der Waals surface area contributed by atoms with Gasteiger partial charge in [0.25, 0.3) is 0 Å². The lowest BCUT2D eigenvalue weighted by atomic mass is 10.1. The van der Waals surface area contributed by atoms with Crippen LogP contribution in [0.25, 0.3) is 0 Å². The summed E-state index contributed by atoms with van der Waals surface area (Å²) in [5, 5.41) is 2.87. The van der Waals surface area contributed by atoms with Gasteiger partial charge in [0.1, 0.15) is 5.82 Å². The third-order valence-electron chi connectivity index (χ3n) is 3.04. The summed E-state index contributed by atoms with van der Waals surface area (Å²) in [5.41, 5.74) is -0.939. The van der Waals surface area contributed by atoms with E-state index in [1.807, 2.05) is 0 Å². The van der Waals surface area contributed by atoms with Gasteiger partial charge in [-0.15, -0.1) is 0 Å². The Kier molecular flexibility index (Phi) is 4.13. The van der Waals surface area contributed by atoms with Crippen LogP contribution in [0.1, 0.15) is 18.4 Å². The highest BCUT2D eigenvalue weighted by Crippen LogP contribution is 2.31. The molecule has 0 unspecified atom stereocenters. The van der Waals surface area contributed by atoms with Gasteiger partial charge in [0, 0.05) is 28.3 Å². The van der Waals surface area contributed by atoms with Crippen LogP contribution in [0.2, 0.25) is 0 Å². The summed E-state index contributed by atoms with van der Waals surface area (Å²) >= 11 is 0. The lowest BCUT2D eigenvalue weighted by Crippen LogP contribution is -2.29. The Labute approximate surface area is 110 Å². The molecule has 0 spiro atoms. The molecule has 1 aromatic rings. The van der Waals surface area contributed by atoms with Crippen LogP contribution < -0.4 is 5.32 Å². The molecule has 0 radical (unpaired) electrons. The Morgan fingerprint density at radius 1 is 1.21 bits per heavy atom. The Balaban J connectivity index is 2.07. The maximum absolute atomic E-state index is 13.6. The van der Waals surface area contributed by atoms with E-state index in [-0.39, 0.29) is 11.7 Å². The van der Waals surface area contributed by atoms with Crippen LogP contribution in [0.3, 0.4) is 0 Å². The average molecular weight is 295 g/mol. The number of alkyl halides is 3. The van der Waals surface area contributed by atoms with Crippen molar-refractivity contribution < 1.29 is 21.8 Å². The van der Waals surface area contributed by atoms with Crippen molar-refractivity contribution >= 4 is 16.5 Å². The number of anilines is 1. The van der Waals surface area contributed by atoms with E-state index < -0.39 is 28.4 Å². The minimum Gasteiger partial charge on any atom is -0.380 e. The van der Waals surface area contributed by atoms with Crippen molar-refractivity contribution in [3.05, 3.63) is 29.6 Å². The van der Waals surface area contributed by atoms with Crippen LogP contribution in [0.5, 0.6) is 0 Å². The summed E-state index contributed by atoms with van der Waals surface area (Å²) in [6.45, 7) is 0. The van der Waals surface area contributed by atoms with Crippen molar-refractivity contribution in [2.24, 2.45) is 0 Å². The molecule has 2 rings (SSSR count). The van der Waals surface area contributed by atoms with E-state index in [0.717, 1.165) is 12.1 Å². The van der Waals surface area contributed by atoms with Crippen molar-refractivity contribution in [1.82, 2.24) is 0 Å². The van der Waals surface area contributed by atoms with Gasteiger partial charge in [-0.2, -0.15) is 13.2 Å². The highest BCUT2D eigenvalue weighted by molar-refractivity contribution is 7.85. The molecule has 2 nitrogen and oxygen atoms in total. The van der Waals surface area contributed by atoms with Crippen molar-refractivity contribution in [1.29, 1.82) is 0 Å². The van der Waals surface area contributed by atoms with Crippen molar-refractivity contribution in [2.75, 3.05) is 16.8 Å². The first kappa shape index (κ1) is 14.3. The number of hydrogen-bond acceptors (Lipinski definition) is 2. The minimum atomic E-state index is -4.54. The molecular weight excluding hydrogens is 282 g/mol. The van der Waals surface area contributed by atoms with Crippen LogP contribution in [0, 0.1) is 5.82 Å². The van der Waals surface area contributed by atoms with Crippen molar-refractivity contribution in [2.45, 2.75) is 25.1 Å². The molecule has 0 atom stereocenters. The maximum atomic E-state index is 13.6. The zero-order valence-electron chi connectivity index (χ0n) is 9.97. The fourth-order valence-corrected chi connectivity index (χ4v) is 3.27. The smallest absolute Gasteiger partial charge is 0.380 e. The molecule has 0 aromatic heterocycles. The topological polar surface area (TPSA) is 29.1 Å². The number of nitrogens with one attached hydrogen (secondary N) is 1.